The van der Waals surface area contributed by atoms with Crippen molar-refractivity contribution in [3.63, 3.8) is 0 Å². The number of hydrogen-bond donors (Lipinski definition) is 2. The van der Waals surface area contributed by atoms with Gasteiger partial charge in [0.1, 0.15) is 14.6 Å². The number of ether oxygens (including phenoxy) is 1. The zero-order valence-corrected chi connectivity index (χ0v) is 22.5. The topological polar surface area (TPSA) is 83.1 Å². The van der Waals surface area contributed by atoms with Crippen LogP contribution in [0.1, 0.15) is 52.0 Å². The quantitative estimate of drug-likeness (QED) is 0.452. The second-order valence-electron chi connectivity index (χ2n) is 10.7. The summed E-state index contributed by atoms with van der Waals surface area (Å²) < 4.78 is 7.87. The molecular formula is C25H42N4O4Si. The first-order valence-corrected chi connectivity index (χ1v) is 15.4. The van der Waals surface area contributed by atoms with Gasteiger partial charge in [-0.3, -0.25) is 9.63 Å². The average molecular weight is 491 g/mol. The lowest BCUT2D eigenvalue weighted by molar-refractivity contribution is -0.127. The van der Waals surface area contributed by atoms with Crippen molar-refractivity contribution in [3.8, 4) is 0 Å². The second kappa shape index (κ2) is 12.1. The van der Waals surface area contributed by atoms with Crippen LogP contribution in [0.3, 0.4) is 0 Å². The van der Waals surface area contributed by atoms with Crippen LogP contribution in [0.15, 0.2) is 30.3 Å². The van der Waals surface area contributed by atoms with E-state index in [1.807, 2.05) is 51.1 Å². The Labute approximate surface area is 206 Å². The van der Waals surface area contributed by atoms with Crippen molar-refractivity contribution in [3.05, 3.63) is 35.9 Å². The highest BCUT2D eigenvalue weighted by Gasteiger charge is 2.36. The lowest BCUT2D eigenvalue weighted by Gasteiger charge is -2.42. The van der Waals surface area contributed by atoms with Crippen molar-refractivity contribution < 1.29 is 19.2 Å². The van der Waals surface area contributed by atoms with Crippen LogP contribution < -0.4 is 10.8 Å². The van der Waals surface area contributed by atoms with E-state index in [1.165, 1.54) is 0 Å². The number of hydrogen-bond acceptors (Lipinski definition) is 6. The Bertz CT molecular complexity index is 794. The Morgan fingerprint density at radius 3 is 2.32 bits per heavy atom. The Morgan fingerprint density at radius 2 is 1.71 bits per heavy atom. The molecule has 0 aromatic heterocycles. The molecule has 0 unspecified atom stereocenters. The largest absolute Gasteiger partial charge is 0.444 e. The summed E-state index contributed by atoms with van der Waals surface area (Å²) in [6, 6.07) is 10.4. The summed E-state index contributed by atoms with van der Waals surface area (Å²) in [5, 5.41) is 3.27. The fourth-order valence-corrected chi connectivity index (χ4v) is 6.27. The number of nitrogens with one attached hydrogen (secondary N) is 2. The molecule has 0 bridgehead atoms. The van der Waals surface area contributed by atoms with E-state index in [2.05, 4.69) is 28.5 Å². The molecule has 34 heavy (non-hydrogen) atoms. The second-order valence-corrected chi connectivity index (χ2v) is 13.6. The van der Waals surface area contributed by atoms with Gasteiger partial charge >= 0.3 is 6.09 Å². The standard InChI is InChI=1S/C25H42N4O4Si/c1-25(2,3)33-24(31)28-15-13-20(14-16-28)26-23(30)22-12-11-21(17-29(22)34(4)5)27-32-18-19-9-7-6-8-10-19/h6-10,20-22,27,34H,11-18H2,1-5H3,(H,26,30)/t21-,22+/m1/s1. The molecule has 1 aromatic carbocycles. The highest BCUT2D eigenvalue weighted by Crippen LogP contribution is 2.21. The van der Waals surface area contributed by atoms with Gasteiger partial charge in [-0.05, 0) is 52.0 Å². The smallest absolute Gasteiger partial charge is 0.410 e. The summed E-state index contributed by atoms with van der Waals surface area (Å²) in [4.78, 5) is 33.0. The molecule has 2 fully saturated rings. The first kappa shape index (κ1) is 26.7. The van der Waals surface area contributed by atoms with Gasteiger partial charge in [0.25, 0.3) is 0 Å². The van der Waals surface area contributed by atoms with Gasteiger partial charge in [-0.2, -0.15) is 5.48 Å². The number of hydroxylamine groups is 1. The van der Waals surface area contributed by atoms with Gasteiger partial charge in [-0.25, -0.2) is 4.79 Å². The van der Waals surface area contributed by atoms with Crippen LogP contribution in [0, 0.1) is 0 Å². The Kier molecular flexibility index (Phi) is 9.53. The minimum Gasteiger partial charge on any atom is -0.444 e. The predicted octanol–water partition coefficient (Wildman–Crippen LogP) is 3.04. The summed E-state index contributed by atoms with van der Waals surface area (Å²) in [5.74, 6) is 0.126. The van der Waals surface area contributed by atoms with Crippen LogP contribution in [-0.4, -0.2) is 73.8 Å². The van der Waals surface area contributed by atoms with Gasteiger partial charge in [-0.15, -0.1) is 0 Å². The van der Waals surface area contributed by atoms with Crippen molar-refractivity contribution in [2.45, 2.75) is 89.9 Å². The highest BCUT2D eigenvalue weighted by atomic mass is 28.3. The van der Waals surface area contributed by atoms with E-state index in [-0.39, 0.29) is 30.1 Å². The SMILES string of the molecule is C[SiH](C)N1C[C@H](NOCc2ccccc2)CC[C@H]1C(=O)NC1CCN(C(=O)OC(C)(C)C)CC1. The van der Waals surface area contributed by atoms with Crippen LogP contribution in [0.2, 0.25) is 13.1 Å². The Morgan fingerprint density at radius 1 is 1.03 bits per heavy atom. The molecule has 2 aliphatic rings. The van der Waals surface area contributed by atoms with Crippen molar-refractivity contribution in [2.24, 2.45) is 0 Å². The van der Waals surface area contributed by atoms with Crippen LogP contribution in [-0.2, 0) is 21.0 Å². The van der Waals surface area contributed by atoms with Gasteiger partial charge in [0, 0.05) is 31.7 Å². The molecule has 2 saturated heterocycles. The first-order chi connectivity index (χ1) is 16.1. The number of amides is 2. The summed E-state index contributed by atoms with van der Waals surface area (Å²) in [5.41, 5.74) is 3.87. The molecular weight excluding hydrogens is 448 g/mol. The van der Waals surface area contributed by atoms with E-state index in [0.717, 1.165) is 37.8 Å². The predicted molar refractivity (Wildman–Crippen MR) is 136 cm³/mol. The van der Waals surface area contributed by atoms with E-state index in [0.29, 0.717) is 19.7 Å². The molecule has 0 aliphatic carbocycles. The number of carbonyl (C=O) groups is 2. The van der Waals surface area contributed by atoms with Crippen molar-refractivity contribution >= 4 is 21.0 Å². The normalized spacial score (nSPS) is 22.6. The lowest BCUT2D eigenvalue weighted by atomic mass is 9.99. The van der Waals surface area contributed by atoms with E-state index >= 15 is 0 Å². The Hall–Kier alpha value is -1.94. The number of carbonyl (C=O) groups excluding carboxylic acids is 2. The van der Waals surface area contributed by atoms with E-state index in [1.54, 1.807) is 4.90 Å². The van der Waals surface area contributed by atoms with Crippen LogP contribution in [0.4, 0.5) is 4.79 Å². The van der Waals surface area contributed by atoms with Crippen molar-refractivity contribution in [1.29, 1.82) is 0 Å². The third kappa shape index (κ3) is 8.08. The maximum absolute atomic E-state index is 13.2. The summed E-state index contributed by atoms with van der Waals surface area (Å²) in [7, 11) is -1.19. The molecule has 0 spiro atoms. The number of nitrogens with zero attached hydrogens (tertiary/aromatic N) is 2. The lowest BCUT2D eigenvalue weighted by Crippen LogP contribution is -2.60. The maximum Gasteiger partial charge on any atom is 0.410 e. The third-order valence-corrected chi connectivity index (χ3v) is 8.31. The molecule has 190 valence electrons. The zero-order chi connectivity index (χ0) is 24.7. The Balaban J connectivity index is 1.44. The van der Waals surface area contributed by atoms with Crippen molar-refractivity contribution in [1.82, 2.24) is 20.3 Å². The van der Waals surface area contributed by atoms with E-state index in [9.17, 15) is 9.59 Å². The van der Waals surface area contributed by atoms with Crippen molar-refractivity contribution in [2.75, 3.05) is 19.6 Å². The first-order valence-electron chi connectivity index (χ1n) is 12.6. The van der Waals surface area contributed by atoms with E-state index < -0.39 is 14.6 Å². The summed E-state index contributed by atoms with van der Waals surface area (Å²) >= 11 is 0. The molecule has 3 rings (SSSR count). The van der Waals surface area contributed by atoms with Crippen LogP contribution in [0.25, 0.3) is 0 Å². The van der Waals surface area contributed by atoms with E-state index in [4.69, 9.17) is 9.57 Å². The third-order valence-electron chi connectivity index (χ3n) is 6.41. The van der Waals surface area contributed by atoms with Gasteiger partial charge in [0.15, 0.2) is 0 Å². The minimum absolute atomic E-state index is 0.0808. The molecule has 2 amide bonds. The monoisotopic (exact) mass is 490 g/mol. The average Bonchev–Trinajstić information content (AvgIpc) is 2.79. The van der Waals surface area contributed by atoms with Crippen LogP contribution in [0.5, 0.6) is 0 Å². The van der Waals surface area contributed by atoms with Gasteiger partial charge in [-0.1, -0.05) is 43.4 Å². The number of benzene rings is 1. The fourth-order valence-electron chi connectivity index (χ4n) is 4.59. The maximum atomic E-state index is 13.2. The van der Waals surface area contributed by atoms with Gasteiger partial charge in [0.05, 0.1) is 12.6 Å². The number of rotatable bonds is 7. The van der Waals surface area contributed by atoms with Crippen LogP contribution >= 0.6 is 0 Å². The molecule has 2 N–H and O–H groups in total. The van der Waals surface area contributed by atoms with Gasteiger partial charge < -0.3 is 19.5 Å². The molecule has 0 radical (unpaired) electrons. The zero-order valence-electron chi connectivity index (χ0n) is 21.4. The molecule has 2 atom stereocenters. The fraction of sp³-hybridized carbons (Fsp3) is 0.680. The summed E-state index contributed by atoms with van der Waals surface area (Å²) in [6.07, 6.45) is 2.97. The molecule has 2 aliphatic heterocycles. The molecule has 0 saturated carbocycles. The molecule has 9 heteroatoms. The molecule has 1 aromatic rings. The molecule has 2 heterocycles. The van der Waals surface area contributed by atoms with Gasteiger partial charge in [0.2, 0.25) is 5.91 Å². The highest BCUT2D eigenvalue weighted by molar-refractivity contribution is 6.53. The number of likely N-dealkylation sites (tertiary alicyclic amines) is 1. The number of piperidine rings is 2. The minimum atomic E-state index is -1.19. The molecule has 8 nitrogen and oxygen atoms in total. The summed E-state index contributed by atoms with van der Waals surface area (Å²) in [6.45, 7) is 12.7.